The second-order valence-electron chi connectivity index (χ2n) is 3.83. The molecule has 0 saturated carbocycles. The molecule has 1 heterocycles. The number of rotatable bonds is 3. The van der Waals surface area contributed by atoms with E-state index in [-0.39, 0.29) is 12.2 Å². The molecule has 0 atom stereocenters. The number of aromatic nitrogens is 2. The number of imidazole rings is 1. The van der Waals surface area contributed by atoms with E-state index in [0.717, 1.165) is 5.56 Å². The SMILES string of the molecule is Cc1cc(F)cc(-n2cnc(CC(=O)O)c2)c1. The van der Waals surface area contributed by atoms with E-state index in [0.29, 0.717) is 11.4 Å². The maximum Gasteiger partial charge on any atom is 0.309 e. The van der Waals surface area contributed by atoms with Crippen LogP contribution in [0, 0.1) is 12.7 Å². The van der Waals surface area contributed by atoms with Crippen molar-refractivity contribution in [1.82, 2.24) is 9.55 Å². The Balaban J connectivity index is 2.33. The molecule has 2 rings (SSSR count). The van der Waals surface area contributed by atoms with Crippen molar-refractivity contribution in [3.05, 3.63) is 47.8 Å². The summed E-state index contributed by atoms with van der Waals surface area (Å²) in [5.74, 6) is -1.26. The molecule has 5 heteroatoms. The molecule has 0 saturated heterocycles. The molecule has 0 spiro atoms. The Morgan fingerprint density at radius 3 is 2.88 bits per heavy atom. The second-order valence-corrected chi connectivity index (χ2v) is 3.83. The molecule has 1 aromatic carbocycles. The van der Waals surface area contributed by atoms with Gasteiger partial charge in [0.1, 0.15) is 5.82 Å². The molecule has 0 aliphatic rings. The molecule has 0 aliphatic heterocycles. The number of halogens is 1. The van der Waals surface area contributed by atoms with Crippen molar-refractivity contribution in [3.63, 3.8) is 0 Å². The van der Waals surface area contributed by atoms with E-state index in [1.807, 2.05) is 0 Å². The third-order valence-corrected chi connectivity index (χ3v) is 2.29. The van der Waals surface area contributed by atoms with Gasteiger partial charge in [0, 0.05) is 11.9 Å². The van der Waals surface area contributed by atoms with Gasteiger partial charge >= 0.3 is 5.97 Å². The zero-order chi connectivity index (χ0) is 12.4. The number of carboxylic acids is 1. The van der Waals surface area contributed by atoms with E-state index in [1.54, 1.807) is 23.8 Å². The molecule has 0 aliphatic carbocycles. The number of carbonyl (C=O) groups is 1. The first-order valence-corrected chi connectivity index (χ1v) is 5.07. The fraction of sp³-hybridized carbons (Fsp3) is 0.167. The Labute approximate surface area is 97.3 Å². The number of hydrogen-bond donors (Lipinski definition) is 1. The van der Waals surface area contributed by atoms with Crippen LogP contribution in [0.5, 0.6) is 0 Å². The Morgan fingerprint density at radius 2 is 2.24 bits per heavy atom. The van der Waals surface area contributed by atoms with Gasteiger partial charge in [0.2, 0.25) is 0 Å². The predicted octanol–water partition coefficient (Wildman–Crippen LogP) is 1.95. The van der Waals surface area contributed by atoms with Crippen LogP contribution in [0.2, 0.25) is 0 Å². The summed E-state index contributed by atoms with van der Waals surface area (Å²) in [6.45, 7) is 1.79. The largest absolute Gasteiger partial charge is 0.481 e. The zero-order valence-electron chi connectivity index (χ0n) is 9.22. The monoisotopic (exact) mass is 234 g/mol. The Kier molecular flexibility index (Phi) is 2.91. The highest BCUT2D eigenvalue weighted by Crippen LogP contribution is 2.13. The van der Waals surface area contributed by atoms with E-state index in [2.05, 4.69) is 4.98 Å². The number of carboxylic acid groups (broad SMARTS) is 1. The third kappa shape index (κ3) is 2.69. The number of benzene rings is 1. The summed E-state index contributed by atoms with van der Waals surface area (Å²) < 4.78 is 14.8. The highest BCUT2D eigenvalue weighted by Gasteiger charge is 2.06. The first-order valence-electron chi connectivity index (χ1n) is 5.07. The van der Waals surface area contributed by atoms with Crippen LogP contribution in [0.1, 0.15) is 11.3 Å². The van der Waals surface area contributed by atoms with Crippen molar-refractivity contribution in [2.75, 3.05) is 0 Å². The van der Waals surface area contributed by atoms with E-state index >= 15 is 0 Å². The number of aryl methyl sites for hydroxylation is 1. The molecule has 17 heavy (non-hydrogen) atoms. The molecule has 0 radical (unpaired) electrons. The van der Waals surface area contributed by atoms with Crippen LogP contribution >= 0.6 is 0 Å². The topological polar surface area (TPSA) is 55.1 Å². The van der Waals surface area contributed by atoms with Gasteiger partial charge in [0.15, 0.2) is 0 Å². The number of nitrogens with zero attached hydrogens (tertiary/aromatic N) is 2. The van der Waals surface area contributed by atoms with Gasteiger partial charge in [-0.1, -0.05) is 0 Å². The smallest absolute Gasteiger partial charge is 0.309 e. The lowest BCUT2D eigenvalue weighted by Gasteiger charge is -2.03. The van der Waals surface area contributed by atoms with Gasteiger partial charge in [-0.05, 0) is 30.7 Å². The van der Waals surface area contributed by atoms with Crippen molar-refractivity contribution in [2.45, 2.75) is 13.3 Å². The van der Waals surface area contributed by atoms with Crippen molar-refractivity contribution in [3.8, 4) is 5.69 Å². The van der Waals surface area contributed by atoms with Crippen molar-refractivity contribution >= 4 is 5.97 Å². The number of aliphatic carboxylic acids is 1. The van der Waals surface area contributed by atoms with Crippen LogP contribution in [0.4, 0.5) is 4.39 Å². The average molecular weight is 234 g/mol. The van der Waals surface area contributed by atoms with Gasteiger partial charge in [0.25, 0.3) is 0 Å². The molecule has 4 nitrogen and oxygen atoms in total. The zero-order valence-corrected chi connectivity index (χ0v) is 9.22. The molecule has 88 valence electrons. The lowest BCUT2D eigenvalue weighted by Crippen LogP contribution is -2.00. The molecule has 0 bridgehead atoms. The van der Waals surface area contributed by atoms with E-state index in [9.17, 15) is 9.18 Å². The average Bonchev–Trinajstić information content (AvgIpc) is 2.63. The Morgan fingerprint density at radius 1 is 1.47 bits per heavy atom. The summed E-state index contributed by atoms with van der Waals surface area (Å²) in [4.78, 5) is 14.5. The van der Waals surface area contributed by atoms with Crippen LogP contribution in [0.15, 0.2) is 30.7 Å². The van der Waals surface area contributed by atoms with Gasteiger partial charge < -0.3 is 9.67 Å². The van der Waals surface area contributed by atoms with Crippen molar-refractivity contribution in [2.24, 2.45) is 0 Å². The summed E-state index contributed by atoms with van der Waals surface area (Å²) >= 11 is 0. The maximum absolute atomic E-state index is 13.2. The highest BCUT2D eigenvalue weighted by molar-refractivity contribution is 5.69. The molecule has 2 aromatic rings. The predicted molar refractivity (Wildman–Crippen MR) is 59.6 cm³/mol. The van der Waals surface area contributed by atoms with Gasteiger partial charge in [-0.15, -0.1) is 0 Å². The summed E-state index contributed by atoms with van der Waals surface area (Å²) in [5.41, 5.74) is 1.87. The first-order chi connectivity index (χ1) is 8.04. The minimum Gasteiger partial charge on any atom is -0.481 e. The normalized spacial score (nSPS) is 10.5. The van der Waals surface area contributed by atoms with Gasteiger partial charge in [0.05, 0.1) is 18.4 Å². The summed E-state index contributed by atoms with van der Waals surface area (Å²) in [7, 11) is 0. The van der Waals surface area contributed by atoms with Crippen LogP contribution in [-0.4, -0.2) is 20.6 Å². The summed E-state index contributed by atoms with van der Waals surface area (Å²) in [6, 6.07) is 4.60. The minimum atomic E-state index is -0.939. The van der Waals surface area contributed by atoms with Crippen molar-refractivity contribution in [1.29, 1.82) is 0 Å². The fourth-order valence-electron chi connectivity index (χ4n) is 1.62. The second kappa shape index (κ2) is 4.37. The molecule has 1 N–H and O–H groups in total. The third-order valence-electron chi connectivity index (χ3n) is 2.29. The standard InChI is InChI=1S/C12H11FN2O2/c1-8-2-9(13)4-11(3-8)15-6-10(14-7-15)5-12(16)17/h2-4,6-7H,5H2,1H3,(H,16,17). The van der Waals surface area contributed by atoms with Crippen molar-refractivity contribution < 1.29 is 14.3 Å². The van der Waals surface area contributed by atoms with Gasteiger partial charge in [-0.2, -0.15) is 0 Å². The lowest BCUT2D eigenvalue weighted by atomic mass is 10.2. The Hall–Kier alpha value is -2.17. The quantitative estimate of drug-likeness (QED) is 0.883. The van der Waals surface area contributed by atoms with Crippen LogP contribution in [0.25, 0.3) is 5.69 Å². The molecule has 0 unspecified atom stereocenters. The fourth-order valence-corrected chi connectivity index (χ4v) is 1.62. The molecular formula is C12H11FN2O2. The van der Waals surface area contributed by atoms with E-state index < -0.39 is 5.97 Å². The first kappa shape index (κ1) is 11.3. The molecular weight excluding hydrogens is 223 g/mol. The molecule has 1 aromatic heterocycles. The summed E-state index contributed by atoms with van der Waals surface area (Å²) in [5, 5.41) is 8.63. The van der Waals surface area contributed by atoms with Crippen LogP contribution in [-0.2, 0) is 11.2 Å². The molecule has 0 amide bonds. The van der Waals surface area contributed by atoms with Crippen LogP contribution < -0.4 is 0 Å². The molecule has 0 fully saturated rings. The van der Waals surface area contributed by atoms with E-state index in [1.165, 1.54) is 18.5 Å². The number of hydrogen-bond acceptors (Lipinski definition) is 2. The van der Waals surface area contributed by atoms with E-state index in [4.69, 9.17) is 5.11 Å². The summed E-state index contributed by atoms with van der Waals surface area (Å²) in [6.07, 6.45) is 2.93. The highest BCUT2D eigenvalue weighted by atomic mass is 19.1. The van der Waals surface area contributed by atoms with Gasteiger partial charge in [-0.25, -0.2) is 9.37 Å². The maximum atomic E-state index is 13.2. The van der Waals surface area contributed by atoms with Crippen LogP contribution in [0.3, 0.4) is 0 Å². The Bertz CT molecular complexity index is 543. The minimum absolute atomic E-state index is 0.138. The van der Waals surface area contributed by atoms with Gasteiger partial charge in [-0.3, -0.25) is 4.79 Å². The lowest BCUT2D eigenvalue weighted by molar-refractivity contribution is -0.136.